The molecule has 2 aromatic carbocycles. The normalized spacial score (nSPS) is 10.3. The van der Waals surface area contributed by atoms with E-state index in [0.29, 0.717) is 13.0 Å². The molecule has 0 aliphatic heterocycles. The van der Waals surface area contributed by atoms with Crippen molar-refractivity contribution in [1.29, 1.82) is 0 Å². The molecule has 2 aromatic rings. The molecule has 2 rings (SSSR count). The molecule has 3 nitrogen and oxygen atoms in total. The van der Waals surface area contributed by atoms with Crippen molar-refractivity contribution in [2.24, 2.45) is 0 Å². The molecule has 0 spiro atoms. The quantitative estimate of drug-likeness (QED) is 0.888. The third-order valence-electron chi connectivity index (χ3n) is 3.82. The Hall–Kier alpha value is -2.29. The highest BCUT2D eigenvalue weighted by Gasteiger charge is 2.06. The number of carbonyl (C=O) groups excluding carboxylic acids is 1. The summed E-state index contributed by atoms with van der Waals surface area (Å²) in [5.41, 5.74) is 4.62. The number of likely N-dealkylation sites (N-methyl/N-ethyl adjacent to an activating group) is 1. The van der Waals surface area contributed by atoms with Crippen LogP contribution >= 0.6 is 0 Å². The van der Waals surface area contributed by atoms with Crippen LogP contribution in [0.3, 0.4) is 0 Å². The summed E-state index contributed by atoms with van der Waals surface area (Å²) < 4.78 is 0. The van der Waals surface area contributed by atoms with Crippen LogP contribution in [0, 0.1) is 13.8 Å². The van der Waals surface area contributed by atoms with E-state index in [2.05, 4.69) is 47.5 Å². The van der Waals surface area contributed by atoms with Gasteiger partial charge >= 0.3 is 0 Å². The van der Waals surface area contributed by atoms with Crippen molar-refractivity contribution in [3.8, 4) is 0 Å². The van der Waals surface area contributed by atoms with Crippen molar-refractivity contribution in [2.45, 2.75) is 20.3 Å². The first kappa shape index (κ1) is 16.1. The molecule has 116 valence electrons. The topological polar surface area (TPSA) is 32.3 Å². The van der Waals surface area contributed by atoms with Gasteiger partial charge in [-0.15, -0.1) is 0 Å². The molecule has 0 saturated heterocycles. The number of nitrogens with one attached hydrogen (secondary N) is 1. The van der Waals surface area contributed by atoms with Crippen LogP contribution in [0.2, 0.25) is 0 Å². The lowest BCUT2D eigenvalue weighted by atomic mass is 10.0. The van der Waals surface area contributed by atoms with E-state index in [-0.39, 0.29) is 5.91 Å². The first-order valence-corrected chi connectivity index (χ1v) is 7.65. The van der Waals surface area contributed by atoms with Crippen LogP contribution in [0.4, 0.5) is 5.69 Å². The highest BCUT2D eigenvalue weighted by Crippen LogP contribution is 2.11. The minimum Gasteiger partial charge on any atom is -0.373 e. The van der Waals surface area contributed by atoms with Crippen molar-refractivity contribution in [1.82, 2.24) is 5.32 Å². The van der Waals surface area contributed by atoms with Gasteiger partial charge in [0.25, 0.3) is 0 Å². The molecule has 0 aliphatic rings. The second kappa shape index (κ2) is 7.64. The third-order valence-corrected chi connectivity index (χ3v) is 3.82. The standard InChI is InChI=1S/C19H24N2O/c1-15-9-10-16(2)17(13-15)14-19(22)20-11-12-21(3)18-7-5-4-6-8-18/h4-10,13H,11-12,14H2,1-3H3,(H,20,22). The molecule has 1 amide bonds. The van der Waals surface area contributed by atoms with E-state index >= 15 is 0 Å². The summed E-state index contributed by atoms with van der Waals surface area (Å²) in [5, 5.41) is 3.00. The van der Waals surface area contributed by atoms with E-state index in [9.17, 15) is 4.79 Å². The number of hydrogen-bond acceptors (Lipinski definition) is 2. The average molecular weight is 296 g/mol. The molecule has 0 radical (unpaired) electrons. The maximum atomic E-state index is 12.1. The molecule has 0 bridgehead atoms. The van der Waals surface area contributed by atoms with Gasteiger partial charge in [-0.1, -0.05) is 42.0 Å². The number of para-hydroxylation sites is 1. The van der Waals surface area contributed by atoms with Crippen molar-refractivity contribution in [3.63, 3.8) is 0 Å². The molecule has 0 unspecified atom stereocenters. The van der Waals surface area contributed by atoms with Crippen molar-refractivity contribution in [2.75, 3.05) is 25.0 Å². The average Bonchev–Trinajstić information content (AvgIpc) is 2.51. The summed E-state index contributed by atoms with van der Waals surface area (Å²) in [5.74, 6) is 0.0789. The maximum absolute atomic E-state index is 12.1. The smallest absolute Gasteiger partial charge is 0.224 e. The molecule has 0 atom stereocenters. The zero-order valence-corrected chi connectivity index (χ0v) is 13.6. The predicted octanol–water partition coefficient (Wildman–Crippen LogP) is 3.10. The van der Waals surface area contributed by atoms with Crippen LogP contribution in [-0.4, -0.2) is 26.0 Å². The minimum absolute atomic E-state index is 0.0789. The molecule has 3 heteroatoms. The van der Waals surface area contributed by atoms with E-state index in [0.717, 1.165) is 17.8 Å². The van der Waals surface area contributed by atoms with Gasteiger partial charge in [-0.05, 0) is 37.1 Å². The summed E-state index contributed by atoms with van der Waals surface area (Å²) >= 11 is 0. The predicted molar refractivity (Wildman–Crippen MR) is 92.3 cm³/mol. The molecular formula is C19H24N2O. The Morgan fingerprint density at radius 1 is 1.09 bits per heavy atom. The Morgan fingerprint density at radius 2 is 1.82 bits per heavy atom. The lowest BCUT2D eigenvalue weighted by Crippen LogP contribution is -2.33. The number of carbonyl (C=O) groups is 1. The number of nitrogens with zero attached hydrogens (tertiary/aromatic N) is 1. The fourth-order valence-corrected chi connectivity index (χ4v) is 2.40. The van der Waals surface area contributed by atoms with Gasteiger partial charge in [0.05, 0.1) is 6.42 Å². The fourth-order valence-electron chi connectivity index (χ4n) is 2.40. The summed E-state index contributed by atoms with van der Waals surface area (Å²) in [6.07, 6.45) is 0.447. The first-order valence-electron chi connectivity index (χ1n) is 7.65. The molecule has 22 heavy (non-hydrogen) atoms. The van der Waals surface area contributed by atoms with Crippen molar-refractivity contribution < 1.29 is 4.79 Å². The Bertz CT molecular complexity index is 623. The van der Waals surface area contributed by atoms with E-state index < -0.39 is 0 Å². The van der Waals surface area contributed by atoms with Crippen LogP contribution in [0.1, 0.15) is 16.7 Å². The minimum atomic E-state index is 0.0789. The van der Waals surface area contributed by atoms with Gasteiger partial charge in [0.1, 0.15) is 0 Å². The van der Waals surface area contributed by atoms with E-state index in [1.807, 2.05) is 32.2 Å². The highest BCUT2D eigenvalue weighted by atomic mass is 16.1. The Kier molecular flexibility index (Phi) is 5.59. The molecule has 0 heterocycles. The molecule has 1 N–H and O–H groups in total. The summed E-state index contributed by atoms with van der Waals surface area (Å²) in [4.78, 5) is 14.2. The van der Waals surface area contributed by atoms with Crippen molar-refractivity contribution in [3.05, 3.63) is 65.2 Å². The zero-order chi connectivity index (χ0) is 15.9. The molecule has 0 aliphatic carbocycles. The molecular weight excluding hydrogens is 272 g/mol. The highest BCUT2D eigenvalue weighted by molar-refractivity contribution is 5.79. The van der Waals surface area contributed by atoms with E-state index in [4.69, 9.17) is 0 Å². The van der Waals surface area contributed by atoms with Gasteiger partial charge in [0, 0.05) is 25.8 Å². The Balaban J connectivity index is 1.80. The molecule has 0 saturated carbocycles. The Morgan fingerprint density at radius 3 is 2.55 bits per heavy atom. The number of hydrogen-bond donors (Lipinski definition) is 1. The van der Waals surface area contributed by atoms with Gasteiger partial charge in [0.2, 0.25) is 5.91 Å². The number of rotatable bonds is 6. The number of amides is 1. The van der Waals surface area contributed by atoms with E-state index in [1.165, 1.54) is 11.1 Å². The first-order chi connectivity index (χ1) is 10.6. The maximum Gasteiger partial charge on any atom is 0.224 e. The third kappa shape index (κ3) is 4.62. The van der Waals surface area contributed by atoms with Crippen LogP contribution < -0.4 is 10.2 Å². The molecule has 0 aromatic heterocycles. The van der Waals surface area contributed by atoms with Gasteiger partial charge in [-0.2, -0.15) is 0 Å². The summed E-state index contributed by atoms with van der Waals surface area (Å²) in [6, 6.07) is 16.4. The second-order valence-corrected chi connectivity index (χ2v) is 5.71. The van der Waals surface area contributed by atoms with Crippen molar-refractivity contribution >= 4 is 11.6 Å². The lowest BCUT2D eigenvalue weighted by molar-refractivity contribution is -0.120. The monoisotopic (exact) mass is 296 g/mol. The number of benzene rings is 2. The Labute approximate surface area is 133 Å². The SMILES string of the molecule is Cc1ccc(C)c(CC(=O)NCCN(C)c2ccccc2)c1. The lowest BCUT2D eigenvalue weighted by Gasteiger charge is -2.19. The fraction of sp³-hybridized carbons (Fsp3) is 0.316. The zero-order valence-electron chi connectivity index (χ0n) is 13.6. The number of aryl methyl sites for hydroxylation is 2. The van der Waals surface area contributed by atoms with E-state index in [1.54, 1.807) is 0 Å². The van der Waals surface area contributed by atoms with Crippen LogP contribution in [0.5, 0.6) is 0 Å². The van der Waals surface area contributed by atoms with Gasteiger partial charge in [-0.3, -0.25) is 4.79 Å². The van der Waals surface area contributed by atoms with Gasteiger partial charge < -0.3 is 10.2 Å². The number of anilines is 1. The summed E-state index contributed by atoms with van der Waals surface area (Å²) in [7, 11) is 2.03. The second-order valence-electron chi connectivity index (χ2n) is 5.71. The molecule has 0 fully saturated rings. The van der Waals surface area contributed by atoms with Crippen LogP contribution in [0.15, 0.2) is 48.5 Å². The summed E-state index contributed by atoms with van der Waals surface area (Å²) in [6.45, 7) is 5.54. The van der Waals surface area contributed by atoms with Crippen LogP contribution in [-0.2, 0) is 11.2 Å². The largest absolute Gasteiger partial charge is 0.373 e. The van der Waals surface area contributed by atoms with Crippen LogP contribution in [0.25, 0.3) is 0 Å². The van der Waals surface area contributed by atoms with Gasteiger partial charge in [0.15, 0.2) is 0 Å². The van der Waals surface area contributed by atoms with Gasteiger partial charge in [-0.25, -0.2) is 0 Å².